The molecule has 0 aliphatic rings. The molecule has 1 aromatic rings. The standard InChI is InChI=1S/C17H17F6NO4/c1-3-12(25)4-5-13(15(27)28-2)24-14(26)9-6-10(16(18,19)20)8-11(7-9)17(21,22)23/h6-8,13H,3-5H2,1-2H3,(H,24,26)/t13-/m0/s1. The van der Waals surface area contributed by atoms with Crippen molar-refractivity contribution in [2.24, 2.45) is 0 Å². The summed E-state index contributed by atoms with van der Waals surface area (Å²) in [5.41, 5.74) is -4.26. The summed E-state index contributed by atoms with van der Waals surface area (Å²) in [5, 5.41) is 2.02. The van der Waals surface area contributed by atoms with Gasteiger partial charge in [0.05, 0.1) is 18.2 Å². The van der Waals surface area contributed by atoms with Crippen LogP contribution in [0.1, 0.15) is 47.7 Å². The highest BCUT2D eigenvalue weighted by Gasteiger charge is 2.37. The Morgan fingerprint density at radius 3 is 1.89 bits per heavy atom. The summed E-state index contributed by atoms with van der Waals surface area (Å²) in [6.07, 6.45) is -10.4. The van der Waals surface area contributed by atoms with Crippen LogP contribution in [0.3, 0.4) is 0 Å². The fraction of sp³-hybridized carbons (Fsp3) is 0.471. The summed E-state index contributed by atoms with van der Waals surface area (Å²) < 4.78 is 81.7. The van der Waals surface area contributed by atoms with Crippen molar-refractivity contribution in [3.05, 3.63) is 34.9 Å². The van der Waals surface area contributed by atoms with Gasteiger partial charge < -0.3 is 10.1 Å². The van der Waals surface area contributed by atoms with Crippen LogP contribution in [0.4, 0.5) is 26.3 Å². The molecule has 5 nitrogen and oxygen atoms in total. The first-order valence-corrected chi connectivity index (χ1v) is 7.99. The number of ether oxygens (including phenoxy) is 1. The summed E-state index contributed by atoms with van der Waals surface area (Å²) in [6.45, 7) is 1.56. The first-order chi connectivity index (χ1) is 12.8. The van der Waals surface area contributed by atoms with Crippen molar-refractivity contribution in [1.82, 2.24) is 5.32 Å². The van der Waals surface area contributed by atoms with Crippen LogP contribution in [0.15, 0.2) is 18.2 Å². The molecule has 11 heteroatoms. The molecule has 0 aromatic heterocycles. The van der Waals surface area contributed by atoms with Gasteiger partial charge >= 0.3 is 18.3 Å². The van der Waals surface area contributed by atoms with E-state index >= 15 is 0 Å². The van der Waals surface area contributed by atoms with Crippen LogP contribution in [-0.4, -0.2) is 30.8 Å². The van der Waals surface area contributed by atoms with E-state index < -0.39 is 47.0 Å². The predicted octanol–water partition coefficient (Wildman–Crippen LogP) is 3.75. The maximum absolute atomic E-state index is 12.9. The van der Waals surface area contributed by atoms with E-state index in [1.165, 1.54) is 0 Å². The Hall–Kier alpha value is -2.59. The summed E-state index contributed by atoms with van der Waals surface area (Å²) in [6, 6.07) is -1.03. The van der Waals surface area contributed by atoms with Crippen molar-refractivity contribution in [2.75, 3.05) is 7.11 Å². The third-order valence-corrected chi connectivity index (χ3v) is 3.75. The minimum Gasteiger partial charge on any atom is -0.467 e. The summed E-state index contributed by atoms with van der Waals surface area (Å²) in [5.74, 6) is -2.57. The van der Waals surface area contributed by atoms with Gasteiger partial charge in [0, 0.05) is 18.4 Å². The number of Topliss-reactive ketones (excluding diaryl/α,β-unsaturated/α-hetero) is 1. The average Bonchev–Trinajstić information content (AvgIpc) is 2.61. The molecule has 1 N–H and O–H groups in total. The topological polar surface area (TPSA) is 72.5 Å². The maximum atomic E-state index is 12.9. The monoisotopic (exact) mass is 413 g/mol. The average molecular weight is 413 g/mol. The number of carbonyl (C=O) groups excluding carboxylic acids is 3. The number of esters is 1. The van der Waals surface area contributed by atoms with Gasteiger partial charge in [0.1, 0.15) is 11.8 Å². The second kappa shape index (κ2) is 9.07. The Bertz CT molecular complexity index is 710. The molecule has 0 saturated carbocycles. The number of benzene rings is 1. The number of amides is 1. The highest BCUT2D eigenvalue weighted by atomic mass is 19.4. The van der Waals surface area contributed by atoms with Crippen LogP contribution in [0.2, 0.25) is 0 Å². The molecule has 0 aliphatic heterocycles. The van der Waals surface area contributed by atoms with Crippen LogP contribution in [-0.2, 0) is 26.7 Å². The van der Waals surface area contributed by atoms with Crippen molar-refractivity contribution >= 4 is 17.7 Å². The van der Waals surface area contributed by atoms with Crippen molar-refractivity contribution in [1.29, 1.82) is 0 Å². The molecular formula is C17H17F6NO4. The van der Waals surface area contributed by atoms with Gasteiger partial charge in [-0.25, -0.2) is 4.79 Å². The molecule has 1 amide bonds. The third-order valence-electron chi connectivity index (χ3n) is 3.75. The van der Waals surface area contributed by atoms with E-state index in [4.69, 9.17) is 0 Å². The van der Waals surface area contributed by atoms with Gasteiger partial charge in [-0.2, -0.15) is 26.3 Å². The predicted molar refractivity (Wildman–Crippen MR) is 84.2 cm³/mol. The molecule has 0 fully saturated rings. The lowest BCUT2D eigenvalue weighted by Crippen LogP contribution is -2.42. The van der Waals surface area contributed by atoms with Gasteiger partial charge in [0.15, 0.2) is 0 Å². The second-order valence-electron chi connectivity index (χ2n) is 5.77. The number of ketones is 1. The molecule has 1 rings (SSSR count). The molecule has 0 bridgehead atoms. The highest BCUT2D eigenvalue weighted by Crippen LogP contribution is 2.36. The molecule has 0 aliphatic carbocycles. The quantitative estimate of drug-likeness (QED) is 0.546. The van der Waals surface area contributed by atoms with Gasteiger partial charge in [-0.05, 0) is 24.6 Å². The molecule has 0 saturated heterocycles. The number of hydrogen-bond donors (Lipinski definition) is 1. The Balaban J connectivity index is 3.20. The fourth-order valence-corrected chi connectivity index (χ4v) is 2.20. The molecule has 28 heavy (non-hydrogen) atoms. The van der Waals surface area contributed by atoms with E-state index in [2.05, 4.69) is 4.74 Å². The van der Waals surface area contributed by atoms with E-state index in [9.17, 15) is 40.7 Å². The molecule has 0 heterocycles. The van der Waals surface area contributed by atoms with Crippen molar-refractivity contribution in [2.45, 2.75) is 44.6 Å². The van der Waals surface area contributed by atoms with E-state index in [1.54, 1.807) is 6.92 Å². The lowest BCUT2D eigenvalue weighted by Gasteiger charge is -2.18. The summed E-state index contributed by atoms with van der Waals surface area (Å²) >= 11 is 0. The van der Waals surface area contributed by atoms with Crippen molar-refractivity contribution < 1.29 is 45.5 Å². The van der Waals surface area contributed by atoms with Gasteiger partial charge in [-0.3, -0.25) is 9.59 Å². The fourth-order valence-electron chi connectivity index (χ4n) is 2.20. The van der Waals surface area contributed by atoms with Gasteiger partial charge in [0.25, 0.3) is 5.91 Å². The minimum absolute atomic E-state index is 0.117. The number of methoxy groups -OCH3 is 1. The van der Waals surface area contributed by atoms with Crippen molar-refractivity contribution in [3.8, 4) is 0 Å². The number of alkyl halides is 6. The number of rotatable bonds is 7. The van der Waals surface area contributed by atoms with E-state index in [-0.39, 0.29) is 43.2 Å². The molecule has 0 radical (unpaired) electrons. The number of hydrogen-bond acceptors (Lipinski definition) is 4. The van der Waals surface area contributed by atoms with Gasteiger partial charge in [0.2, 0.25) is 0 Å². The normalized spacial score (nSPS) is 13.0. The Kier molecular flexibility index (Phi) is 7.59. The Morgan fingerprint density at radius 1 is 1.00 bits per heavy atom. The molecule has 1 aromatic carbocycles. The lowest BCUT2D eigenvalue weighted by molar-refractivity contribution is -0.144. The lowest BCUT2D eigenvalue weighted by atomic mass is 10.0. The van der Waals surface area contributed by atoms with Crippen molar-refractivity contribution in [3.63, 3.8) is 0 Å². The zero-order valence-electron chi connectivity index (χ0n) is 14.8. The Morgan fingerprint density at radius 2 is 1.50 bits per heavy atom. The van der Waals surface area contributed by atoms with E-state index in [0.717, 1.165) is 7.11 Å². The van der Waals surface area contributed by atoms with E-state index in [1.807, 2.05) is 5.32 Å². The van der Waals surface area contributed by atoms with Crippen LogP contribution >= 0.6 is 0 Å². The smallest absolute Gasteiger partial charge is 0.416 e. The van der Waals surface area contributed by atoms with Gasteiger partial charge in [-0.1, -0.05) is 6.92 Å². The molecule has 0 spiro atoms. The summed E-state index contributed by atoms with van der Waals surface area (Å²) in [7, 11) is 0.981. The number of carbonyl (C=O) groups is 3. The largest absolute Gasteiger partial charge is 0.467 e. The third kappa shape index (κ3) is 6.54. The Labute approximate surface area is 156 Å². The molecule has 156 valence electrons. The SMILES string of the molecule is CCC(=O)CC[C@H](NC(=O)c1cc(C(F)(F)F)cc(C(F)(F)F)c1)C(=O)OC. The van der Waals surface area contributed by atoms with Crippen LogP contribution < -0.4 is 5.32 Å². The first-order valence-electron chi connectivity index (χ1n) is 7.99. The summed E-state index contributed by atoms with van der Waals surface area (Å²) in [4.78, 5) is 35.3. The number of halogens is 6. The zero-order chi connectivity index (χ0) is 21.7. The maximum Gasteiger partial charge on any atom is 0.416 e. The van der Waals surface area contributed by atoms with E-state index in [0.29, 0.717) is 0 Å². The van der Waals surface area contributed by atoms with Crippen LogP contribution in [0.25, 0.3) is 0 Å². The van der Waals surface area contributed by atoms with Crippen LogP contribution in [0.5, 0.6) is 0 Å². The molecular weight excluding hydrogens is 396 g/mol. The van der Waals surface area contributed by atoms with Gasteiger partial charge in [-0.15, -0.1) is 0 Å². The van der Waals surface area contributed by atoms with Crippen LogP contribution in [0, 0.1) is 0 Å². The minimum atomic E-state index is -5.12. The first kappa shape index (κ1) is 23.4. The zero-order valence-corrected chi connectivity index (χ0v) is 14.8. The second-order valence-corrected chi connectivity index (χ2v) is 5.77. The number of nitrogens with one attached hydrogen (secondary N) is 1. The molecule has 1 atom stereocenters. The molecule has 0 unspecified atom stereocenters. The highest BCUT2D eigenvalue weighted by molar-refractivity contribution is 5.97.